The Balaban J connectivity index is 1.24. The molecular weight excluding hydrogens is 608 g/mol. The van der Waals surface area contributed by atoms with E-state index in [1.807, 2.05) is 0 Å². The summed E-state index contributed by atoms with van der Waals surface area (Å²) in [6.45, 7) is -2.50. The first-order chi connectivity index (χ1) is 20.9. The quantitative estimate of drug-likeness (QED) is 0.110. The van der Waals surface area contributed by atoms with Gasteiger partial charge in [0.2, 0.25) is 0 Å². The fourth-order valence-electron chi connectivity index (χ4n) is 5.85. The summed E-state index contributed by atoms with van der Waals surface area (Å²) < 4.78 is 43.7. The van der Waals surface area contributed by atoms with Crippen LogP contribution in [0, 0.1) is 0 Å². The Bertz CT molecular complexity index is 926. The van der Waals surface area contributed by atoms with Gasteiger partial charge in [0, 0.05) is 0 Å². The van der Waals surface area contributed by atoms with E-state index in [4.69, 9.17) is 37.9 Å². The standard InChI is InChI=1S/C24H40O20/c25-1-5-9(28)10(29)14(33)22(38-5)42-18-6(2-26)39-23(16(35)12(18)31)43-19-7(3-27)40-24(17(36)13(19)32)44-20-8-4-37-21(41-8)15(34)11(20)30/h5-36H,1-4H2/t5-,6-,7-,8-,9-,10+,11-,12-,13-,14-,15-,16-,17-,18-,19-,20-,21-,22+,23+,24-/m1/s1. The van der Waals surface area contributed by atoms with Gasteiger partial charge in [-0.05, 0) is 0 Å². The van der Waals surface area contributed by atoms with Crippen LogP contribution in [0.5, 0.6) is 0 Å². The normalized spacial score (nSPS) is 54.8. The van der Waals surface area contributed by atoms with Crippen molar-refractivity contribution in [3.63, 3.8) is 0 Å². The summed E-state index contributed by atoms with van der Waals surface area (Å²) in [4.78, 5) is 0. The molecule has 2 bridgehead atoms. The lowest BCUT2D eigenvalue weighted by Crippen LogP contribution is -2.67. The van der Waals surface area contributed by atoms with Crippen LogP contribution in [-0.4, -0.2) is 211 Å². The first-order valence-corrected chi connectivity index (χ1v) is 14.1. The molecule has 0 aromatic heterocycles. The molecule has 0 aromatic rings. The Kier molecular flexibility index (Phi) is 11.1. The van der Waals surface area contributed by atoms with Crippen molar-refractivity contribution in [3.8, 4) is 0 Å². The van der Waals surface area contributed by atoms with Crippen LogP contribution in [0.1, 0.15) is 0 Å². The van der Waals surface area contributed by atoms with Gasteiger partial charge < -0.3 is 99.2 Å². The number of fused-ring (bicyclic) bond motifs is 2. The van der Waals surface area contributed by atoms with E-state index in [1.165, 1.54) is 0 Å². The molecule has 0 radical (unpaired) electrons. The zero-order valence-corrected chi connectivity index (χ0v) is 23.0. The summed E-state index contributed by atoms with van der Waals surface area (Å²) in [5.41, 5.74) is 0. The summed E-state index contributed by atoms with van der Waals surface area (Å²) in [6, 6.07) is 0. The molecule has 0 saturated carbocycles. The molecule has 5 aliphatic rings. The minimum Gasteiger partial charge on any atom is -0.394 e. The van der Waals surface area contributed by atoms with E-state index in [1.54, 1.807) is 0 Å². The maximum Gasteiger partial charge on any atom is 0.187 e. The monoisotopic (exact) mass is 648 g/mol. The van der Waals surface area contributed by atoms with Gasteiger partial charge in [-0.2, -0.15) is 0 Å². The van der Waals surface area contributed by atoms with Crippen molar-refractivity contribution >= 4 is 0 Å². The Morgan fingerprint density at radius 3 is 1.32 bits per heavy atom. The van der Waals surface area contributed by atoms with Gasteiger partial charge in [-0.25, -0.2) is 0 Å². The molecule has 20 atom stereocenters. The zero-order valence-electron chi connectivity index (χ0n) is 23.0. The maximum atomic E-state index is 10.9. The minimum atomic E-state index is -1.98. The van der Waals surface area contributed by atoms with Crippen LogP contribution in [-0.2, 0) is 37.9 Å². The van der Waals surface area contributed by atoms with E-state index in [9.17, 15) is 61.3 Å². The third-order valence-electron chi connectivity index (χ3n) is 8.43. The third-order valence-corrected chi connectivity index (χ3v) is 8.43. The lowest BCUT2D eigenvalue weighted by molar-refractivity contribution is -0.384. The highest BCUT2D eigenvalue weighted by molar-refractivity contribution is 4.98. The first-order valence-electron chi connectivity index (χ1n) is 14.1. The van der Waals surface area contributed by atoms with Gasteiger partial charge in [-0.15, -0.1) is 0 Å². The fraction of sp³-hybridized carbons (Fsp3) is 1.00. The molecule has 0 unspecified atom stereocenters. The predicted molar refractivity (Wildman–Crippen MR) is 131 cm³/mol. The molecule has 5 heterocycles. The second-order valence-electron chi connectivity index (χ2n) is 11.3. The molecular formula is C24H40O20. The summed E-state index contributed by atoms with van der Waals surface area (Å²) in [5, 5.41) is 123. The Hall–Kier alpha value is -0.800. The van der Waals surface area contributed by atoms with Crippen LogP contribution in [0.3, 0.4) is 0 Å². The van der Waals surface area contributed by atoms with Gasteiger partial charge in [0.05, 0.1) is 26.4 Å². The second kappa shape index (κ2) is 14.1. The predicted octanol–water partition coefficient (Wildman–Crippen LogP) is -8.70. The van der Waals surface area contributed by atoms with Crippen LogP contribution < -0.4 is 0 Å². The van der Waals surface area contributed by atoms with Gasteiger partial charge >= 0.3 is 0 Å². The largest absolute Gasteiger partial charge is 0.394 e. The summed E-state index contributed by atoms with van der Waals surface area (Å²) in [5.74, 6) is 0. The average molecular weight is 649 g/mol. The molecule has 5 aliphatic heterocycles. The number of aliphatic hydroxyl groups is 12. The van der Waals surface area contributed by atoms with E-state index in [-0.39, 0.29) is 6.61 Å². The van der Waals surface area contributed by atoms with Gasteiger partial charge in [0.15, 0.2) is 25.2 Å². The van der Waals surface area contributed by atoms with E-state index >= 15 is 0 Å². The van der Waals surface area contributed by atoms with Crippen molar-refractivity contribution in [2.24, 2.45) is 0 Å². The van der Waals surface area contributed by atoms with Crippen LogP contribution in [0.2, 0.25) is 0 Å². The molecule has 256 valence electrons. The lowest BCUT2D eigenvalue weighted by Gasteiger charge is -2.48. The van der Waals surface area contributed by atoms with Gasteiger partial charge in [-0.1, -0.05) is 0 Å². The average Bonchev–Trinajstić information content (AvgIpc) is 3.47. The Morgan fingerprint density at radius 1 is 0.432 bits per heavy atom. The number of ether oxygens (including phenoxy) is 8. The molecule has 0 spiro atoms. The van der Waals surface area contributed by atoms with Crippen molar-refractivity contribution in [2.45, 2.75) is 123 Å². The number of hydrogen-bond donors (Lipinski definition) is 12. The molecule has 0 amide bonds. The molecule has 5 rings (SSSR count). The summed E-state index contributed by atoms with van der Waals surface area (Å²) >= 11 is 0. The van der Waals surface area contributed by atoms with E-state index in [0.717, 1.165) is 0 Å². The summed E-state index contributed by atoms with van der Waals surface area (Å²) in [6.07, 6.45) is -31.9. The highest BCUT2D eigenvalue weighted by Crippen LogP contribution is 2.35. The molecule has 12 N–H and O–H groups in total. The van der Waals surface area contributed by atoms with E-state index < -0.39 is 143 Å². The molecule has 44 heavy (non-hydrogen) atoms. The highest BCUT2D eigenvalue weighted by Gasteiger charge is 2.56. The third kappa shape index (κ3) is 6.37. The van der Waals surface area contributed by atoms with E-state index in [0.29, 0.717) is 0 Å². The SMILES string of the molecule is OC[C@H]1O[C@@H](O[C@H]2[C@H](O)[C@@H](O)[C@H](O[C@H]3[C@H](O)[C@@H](O)[C@@H](O[C@H]4[C@H](O)[C@@H](O)[C@@H]5OC[C@H]4O5)O[C@@H]3CO)O[C@@H]2CO)[C@H](O)[C@@H](O)[C@@H]1O. The van der Waals surface area contributed by atoms with Crippen molar-refractivity contribution in [1.29, 1.82) is 0 Å². The van der Waals surface area contributed by atoms with E-state index in [2.05, 4.69) is 0 Å². The van der Waals surface area contributed by atoms with Crippen molar-refractivity contribution in [1.82, 2.24) is 0 Å². The summed E-state index contributed by atoms with van der Waals surface area (Å²) in [7, 11) is 0. The molecule has 5 fully saturated rings. The zero-order chi connectivity index (χ0) is 32.0. The fourth-order valence-corrected chi connectivity index (χ4v) is 5.85. The molecule has 20 heteroatoms. The minimum absolute atomic E-state index is 0.0453. The van der Waals surface area contributed by atoms with Gasteiger partial charge in [-0.3, -0.25) is 0 Å². The van der Waals surface area contributed by atoms with Crippen LogP contribution in [0.25, 0.3) is 0 Å². The van der Waals surface area contributed by atoms with Crippen molar-refractivity contribution in [3.05, 3.63) is 0 Å². The van der Waals surface area contributed by atoms with Gasteiger partial charge in [0.1, 0.15) is 97.7 Å². The molecule has 5 saturated heterocycles. The number of aliphatic hydroxyl groups excluding tert-OH is 12. The topological polar surface area (TPSA) is 317 Å². The lowest BCUT2D eigenvalue weighted by atomic mass is 9.96. The second-order valence-corrected chi connectivity index (χ2v) is 11.3. The maximum absolute atomic E-state index is 10.9. The smallest absolute Gasteiger partial charge is 0.187 e. The Morgan fingerprint density at radius 2 is 0.841 bits per heavy atom. The molecule has 0 aromatic carbocycles. The molecule has 0 aliphatic carbocycles. The van der Waals surface area contributed by atoms with Crippen LogP contribution in [0.15, 0.2) is 0 Å². The van der Waals surface area contributed by atoms with Crippen molar-refractivity contribution in [2.75, 3.05) is 26.4 Å². The van der Waals surface area contributed by atoms with Gasteiger partial charge in [0.25, 0.3) is 0 Å². The first kappa shape index (κ1) is 34.5. The molecule has 20 nitrogen and oxygen atoms in total. The van der Waals surface area contributed by atoms with Crippen LogP contribution in [0.4, 0.5) is 0 Å². The number of rotatable bonds is 9. The Labute approximate surface area is 249 Å². The van der Waals surface area contributed by atoms with Crippen LogP contribution >= 0.6 is 0 Å². The van der Waals surface area contributed by atoms with Crippen molar-refractivity contribution < 1.29 is 99.2 Å². The highest BCUT2D eigenvalue weighted by atomic mass is 16.8. The number of hydrogen-bond acceptors (Lipinski definition) is 20.